The highest BCUT2D eigenvalue weighted by Crippen LogP contribution is 2.25. The first kappa shape index (κ1) is 13.6. The van der Waals surface area contributed by atoms with E-state index in [0.29, 0.717) is 0 Å². The normalized spacial score (nSPS) is 18.6. The summed E-state index contributed by atoms with van der Waals surface area (Å²) in [4.78, 5) is 0. The molecular weight excluding hydrogens is 270 g/mol. The lowest BCUT2D eigenvalue weighted by atomic mass is 9.84. The molecule has 2 N–H and O–H groups in total. The Labute approximate surface area is 111 Å². The third-order valence-corrected chi connectivity index (χ3v) is 3.37. The summed E-state index contributed by atoms with van der Waals surface area (Å²) in [5, 5.41) is 4.26. The molecule has 0 spiro atoms. The lowest BCUT2D eigenvalue weighted by Crippen LogP contribution is -2.48. The quantitative estimate of drug-likeness (QED) is 0.878. The first-order valence-electron chi connectivity index (χ1n) is 5.60. The number of nitrogens with zero attached hydrogens (tertiary/aromatic N) is 2. The van der Waals surface area contributed by atoms with E-state index in [1.165, 1.54) is 0 Å². The molecule has 0 saturated heterocycles. The van der Waals surface area contributed by atoms with E-state index in [-0.39, 0.29) is 17.9 Å². The average molecular weight is 285 g/mol. The second kappa shape index (κ2) is 4.71. The van der Waals surface area contributed by atoms with Gasteiger partial charge in [-0.2, -0.15) is 13.5 Å². The number of guanidine groups is 1. The molecule has 0 aliphatic carbocycles. The van der Waals surface area contributed by atoms with E-state index in [9.17, 15) is 8.42 Å². The molecule has 0 fully saturated rings. The maximum absolute atomic E-state index is 11.2. The van der Waals surface area contributed by atoms with Crippen LogP contribution in [-0.4, -0.2) is 26.0 Å². The largest absolute Gasteiger partial charge is 0.491 e. The molecule has 0 aromatic heterocycles. The van der Waals surface area contributed by atoms with Crippen LogP contribution in [0.2, 0.25) is 0 Å². The molecule has 0 saturated carbocycles. The Morgan fingerprint density at radius 3 is 2.58 bits per heavy atom. The van der Waals surface area contributed by atoms with Crippen LogP contribution in [0.25, 0.3) is 0 Å². The molecular formula is C11H15N3O4S. The highest BCUT2D eigenvalue weighted by atomic mass is 32.3. The first-order chi connectivity index (χ1) is 8.80. The summed E-state index contributed by atoms with van der Waals surface area (Å²) in [6.07, 6.45) is 0. The lowest BCUT2D eigenvalue weighted by molar-refractivity contribution is -0.0265. The van der Waals surface area contributed by atoms with Gasteiger partial charge in [0.05, 0.1) is 6.54 Å². The highest BCUT2D eigenvalue weighted by Gasteiger charge is 2.33. The van der Waals surface area contributed by atoms with Crippen LogP contribution in [0.3, 0.4) is 0 Å². The molecule has 19 heavy (non-hydrogen) atoms. The summed E-state index contributed by atoms with van der Waals surface area (Å²) in [6, 6.07) is 9.62. The zero-order valence-corrected chi connectivity index (χ0v) is 11.4. The minimum atomic E-state index is -4.16. The number of hydrogen-bond donors (Lipinski definition) is 1. The van der Waals surface area contributed by atoms with Crippen molar-refractivity contribution in [2.45, 2.75) is 19.3 Å². The summed E-state index contributed by atoms with van der Waals surface area (Å²) >= 11 is 0. The Balaban J connectivity index is 2.21. The molecule has 0 radical (unpaired) electrons. The zero-order valence-electron chi connectivity index (χ0n) is 10.6. The Hall–Kier alpha value is -1.80. The van der Waals surface area contributed by atoms with E-state index in [4.69, 9.17) is 5.73 Å². The molecule has 1 aromatic rings. The van der Waals surface area contributed by atoms with E-state index in [1.54, 1.807) is 0 Å². The predicted molar refractivity (Wildman–Crippen MR) is 68.9 cm³/mol. The summed E-state index contributed by atoms with van der Waals surface area (Å²) in [5.74, 6) is -0.140. The zero-order chi connectivity index (χ0) is 14.1. The lowest BCUT2D eigenvalue weighted by Gasteiger charge is -2.32. The van der Waals surface area contributed by atoms with Gasteiger partial charge in [-0.25, -0.2) is 4.28 Å². The monoisotopic (exact) mass is 285 g/mol. The molecule has 1 heterocycles. The van der Waals surface area contributed by atoms with Crippen molar-refractivity contribution >= 4 is 16.4 Å². The standard InChI is InChI=1S/C11H15N3O4S/c1-11(2,9-6-4-3-5-7-9)8-14-10(12)13-17-19(15,16)18-14/h3-7H,8H2,1-2H3,(H2,12,13). The molecule has 1 aromatic carbocycles. The van der Waals surface area contributed by atoms with E-state index in [1.807, 2.05) is 44.2 Å². The molecule has 0 bridgehead atoms. The Morgan fingerprint density at radius 1 is 1.32 bits per heavy atom. The van der Waals surface area contributed by atoms with Crippen molar-refractivity contribution in [1.29, 1.82) is 0 Å². The third kappa shape index (κ3) is 3.15. The van der Waals surface area contributed by atoms with Crippen LogP contribution in [0.1, 0.15) is 19.4 Å². The number of nitrogens with two attached hydrogens (primary N) is 1. The predicted octanol–water partition coefficient (Wildman–Crippen LogP) is 0.702. The maximum Gasteiger partial charge on any atom is 0.491 e. The van der Waals surface area contributed by atoms with Crippen LogP contribution < -0.4 is 5.73 Å². The highest BCUT2D eigenvalue weighted by molar-refractivity contribution is 7.81. The van der Waals surface area contributed by atoms with E-state index in [2.05, 4.69) is 13.7 Å². The van der Waals surface area contributed by atoms with E-state index < -0.39 is 10.4 Å². The van der Waals surface area contributed by atoms with Crippen LogP contribution in [0.4, 0.5) is 0 Å². The molecule has 1 aliphatic heterocycles. The minimum Gasteiger partial charge on any atom is -0.365 e. The van der Waals surface area contributed by atoms with Gasteiger partial charge in [0.1, 0.15) is 0 Å². The van der Waals surface area contributed by atoms with E-state index >= 15 is 0 Å². The van der Waals surface area contributed by atoms with Crippen LogP contribution >= 0.6 is 0 Å². The van der Waals surface area contributed by atoms with Crippen molar-refractivity contribution in [3.63, 3.8) is 0 Å². The molecule has 2 rings (SSSR count). The molecule has 7 nitrogen and oxygen atoms in total. The second-order valence-electron chi connectivity index (χ2n) is 4.79. The van der Waals surface area contributed by atoms with Gasteiger partial charge in [-0.05, 0) is 10.7 Å². The van der Waals surface area contributed by atoms with Gasteiger partial charge in [-0.3, -0.25) is 0 Å². The molecule has 8 heteroatoms. The Kier molecular flexibility index (Phi) is 3.38. The van der Waals surface area contributed by atoms with Gasteiger partial charge in [-0.1, -0.05) is 44.2 Å². The summed E-state index contributed by atoms with van der Waals surface area (Å²) < 4.78 is 31.1. The number of hydrogen-bond acceptors (Lipinski definition) is 7. The average Bonchev–Trinajstić information content (AvgIpc) is 2.34. The van der Waals surface area contributed by atoms with Crippen LogP contribution in [0.15, 0.2) is 35.5 Å². The van der Waals surface area contributed by atoms with Gasteiger partial charge < -0.3 is 5.73 Å². The second-order valence-corrected chi connectivity index (χ2v) is 5.91. The van der Waals surface area contributed by atoms with Gasteiger partial charge >= 0.3 is 10.4 Å². The Bertz CT molecular complexity index is 583. The van der Waals surface area contributed by atoms with Gasteiger partial charge in [0.25, 0.3) is 5.96 Å². The smallest absolute Gasteiger partial charge is 0.365 e. The number of benzene rings is 1. The van der Waals surface area contributed by atoms with Crippen molar-refractivity contribution in [3.8, 4) is 0 Å². The summed E-state index contributed by atoms with van der Waals surface area (Å²) in [5.41, 5.74) is 6.19. The molecule has 1 aliphatic rings. The Morgan fingerprint density at radius 2 is 1.95 bits per heavy atom. The van der Waals surface area contributed by atoms with Crippen LogP contribution in [0, 0.1) is 0 Å². The summed E-state index contributed by atoms with van der Waals surface area (Å²) in [7, 11) is -4.16. The number of rotatable bonds is 3. The summed E-state index contributed by atoms with van der Waals surface area (Å²) in [6.45, 7) is 4.11. The van der Waals surface area contributed by atoms with Crippen molar-refractivity contribution < 1.29 is 17.0 Å². The number of hydroxylamine groups is 2. The van der Waals surface area contributed by atoms with Gasteiger partial charge in [0.15, 0.2) is 0 Å². The van der Waals surface area contributed by atoms with E-state index in [0.717, 1.165) is 10.6 Å². The fourth-order valence-corrected chi connectivity index (χ4v) is 2.28. The van der Waals surface area contributed by atoms with Crippen LogP contribution in [-0.2, 0) is 24.4 Å². The molecule has 0 atom stereocenters. The fraction of sp³-hybridized carbons (Fsp3) is 0.364. The topological polar surface area (TPSA) is 94.2 Å². The van der Waals surface area contributed by atoms with Gasteiger partial charge in [-0.15, -0.1) is 4.28 Å². The van der Waals surface area contributed by atoms with Crippen molar-refractivity contribution in [3.05, 3.63) is 35.9 Å². The van der Waals surface area contributed by atoms with Crippen molar-refractivity contribution in [1.82, 2.24) is 5.06 Å². The molecule has 0 unspecified atom stereocenters. The van der Waals surface area contributed by atoms with Crippen LogP contribution in [0.5, 0.6) is 0 Å². The fourth-order valence-electron chi connectivity index (χ4n) is 1.74. The first-order valence-corrected chi connectivity index (χ1v) is 6.93. The van der Waals surface area contributed by atoms with Gasteiger partial charge in [0.2, 0.25) is 0 Å². The minimum absolute atomic E-state index is 0.140. The molecule has 104 valence electrons. The third-order valence-electron chi connectivity index (χ3n) is 2.75. The number of oxime groups is 1. The SMILES string of the molecule is CC(C)(CN1OS(=O)(=O)ON=C1N)c1ccccc1. The van der Waals surface area contributed by atoms with Crippen molar-refractivity contribution in [2.75, 3.05) is 6.54 Å². The maximum atomic E-state index is 11.2. The molecule has 0 amide bonds. The van der Waals surface area contributed by atoms with Gasteiger partial charge in [0, 0.05) is 5.41 Å². The van der Waals surface area contributed by atoms with Crippen molar-refractivity contribution in [2.24, 2.45) is 10.9 Å².